The Bertz CT molecular complexity index is 530. The lowest BCUT2D eigenvalue weighted by molar-refractivity contribution is -0.384. The summed E-state index contributed by atoms with van der Waals surface area (Å²) >= 11 is 11.2. The Labute approximate surface area is 110 Å². The molecule has 0 aliphatic heterocycles. The molecule has 0 bridgehead atoms. The van der Waals surface area contributed by atoms with Gasteiger partial charge >= 0.3 is 11.9 Å². The van der Waals surface area contributed by atoms with Gasteiger partial charge in [-0.25, -0.2) is 0 Å². The van der Waals surface area contributed by atoms with Gasteiger partial charge in [-0.05, 0) is 11.6 Å². The van der Waals surface area contributed by atoms with Crippen LogP contribution in [0.5, 0.6) is 0 Å². The van der Waals surface area contributed by atoms with Gasteiger partial charge in [-0.1, -0.05) is 23.2 Å². The molecule has 1 aromatic carbocycles. The Morgan fingerprint density at radius 2 is 1.67 bits per heavy atom. The quantitative estimate of drug-likeness (QED) is 0.499. The van der Waals surface area contributed by atoms with Crippen LogP contribution >= 0.6 is 23.2 Å². The summed E-state index contributed by atoms with van der Waals surface area (Å²) in [6.45, 7) is 0. The molecule has 2 N–H and O–H groups in total. The third kappa shape index (κ3) is 2.69. The highest BCUT2D eigenvalue weighted by Crippen LogP contribution is 2.34. The number of hydrogen-bond acceptors (Lipinski definition) is 4. The summed E-state index contributed by atoms with van der Waals surface area (Å²) in [6, 6.07) is 1.69. The molecule has 0 heterocycles. The van der Waals surface area contributed by atoms with E-state index >= 15 is 0 Å². The molecule has 0 saturated heterocycles. The summed E-state index contributed by atoms with van der Waals surface area (Å²) in [6.07, 6.45) is 0. The minimum Gasteiger partial charge on any atom is -0.480 e. The Morgan fingerprint density at radius 3 is 2.06 bits per heavy atom. The van der Waals surface area contributed by atoms with Crippen LogP contribution in [0.15, 0.2) is 12.1 Å². The van der Waals surface area contributed by atoms with Gasteiger partial charge in [0.2, 0.25) is 0 Å². The van der Waals surface area contributed by atoms with Crippen LogP contribution in [0.2, 0.25) is 10.0 Å². The minimum atomic E-state index is -1.93. The molecule has 0 amide bonds. The Balaban J connectivity index is 3.43. The number of halogens is 2. The lowest BCUT2D eigenvalue weighted by Crippen LogP contribution is -2.21. The largest absolute Gasteiger partial charge is 0.480 e. The second-order valence-corrected chi connectivity index (χ2v) is 4.01. The molecule has 0 aliphatic carbocycles. The van der Waals surface area contributed by atoms with Crippen LogP contribution in [0.25, 0.3) is 0 Å². The Kier molecular flexibility index (Phi) is 4.10. The normalized spacial score (nSPS) is 10.4. The average molecular weight is 294 g/mol. The number of nitro benzene ring substituents is 1. The van der Waals surface area contributed by atoms with Gasteiger partial charge in [0, 0.05) is 6.07 Å². The molecule has 0 spiro atoms. The van der Waals surface area contributed by atoms with Crippen LogP contribution in [-0.2, 0) is 9.59 Å². The number of nitro groups is 1. The zero-order valence-corrected chi connectivity index (χ0v) is 9.97. The molecule has 1 aromatic rings. The molecule has 0 saturated carbocycles. The van der Waals surface area contributed by atoms with Crippen molar-refractivity contribution < 1.29 is 24.7 Å². The van der Waals surface area contributed by atoms with Gasteiger partial charge in [-0.3, -0.25) is 19.7 Å². The van der Waals surface area contributed by atoms with E-state index in [1.54, 1.807) is 0 Å². The fourth-order valence-electron chi connectivity index (χ4n) is 1.28. The number of hydrogen-bond donors (Lipinski definition) is 2. The maximum absolute atomic E-state index is 10.8. The highest BCUT2D eigenvalue weighted by Gasteiger charge is 2.31. The maximum Gasteiger partial charge on any atom is 0.322 e. The van der Waals surface area contributed by atoms with Gasteiger partial charge in [0.15, 0.2) is 5.92 Å². The van der Waals surface area contributed by atoms with E-state index in [2.05, 4.69) is 0 Å². The monoisotopic (exact) mass is 293 g/mol. The summed E-state index contributed by atoms with van der Waals surface area (Å²) in [5.41, 5.74) is -0.841. The number of carboxylic acid groups (broad SMARTS) is 2. The fourth-order valence-corrected chi connectivity index (χ4v) is 1.79. The van der Waals surface area contributed by atoms with Crippen molar-refractivity contribution >= 4 is 40.8 Å². The Morgan fingerprint density at radius 1 is 1.17 bits per heavy atom. The van der Waals surface area contributed by atoms with Crippen LogP contribution in [0, 0.1) is 10.1 Å². The zero-order chi connectivity index (χ0) is 14.0. The summed E-state index contributed by atoms with van der Waals surface area (Å²) in [4.78, 5) is 31.4. The minimum absolute atomic E-state index is 0.313. The topological polar surface area (TPSA) is 118 Å². The van der Waals surface area contributed by atoms with Crippen LogP contribution in [-0.4, -0.2) is 27.1 Å². The van der Waals surface area contributed by atoms with E-state index in [0.717, 1.165) is 12.1 Å². The first-order chi connectivity index (χ1) is 8.25. The summed E-state index contributed by atoms with van der Waals surface area (Å²) < 4.78 is 0. The number of benzene rings is 1. The highest BCUT2D eigenvalue weighted by molar-refractivity contribution is 6.35. The van der Waals surface area contributed by atoms with Crippen LogP contribution in [0.3, 0.4) is 0 Å². The van der Waals surface area contributed by atoms with Crippen LogP contribution in [0.4, 0.5) is 5.69 Å². The molecule has 0 fully saturated rings. The van der Waals surface area contributed by atoms with E-state index in [-0.39, 0.29) is 15.6 Å². The highest BCUT2D eigenvalue weighted by atomic mass is 35.5. The molecule has 7 nitrogen and oxygen atoms in total. The number of aliphatic carboxylic acids is 2. The smallest absolute Gasteiger partial charge is 0.322 e. The molecule has 0 aromatic heterocycles. The van der Waals surface area contributed by atoms with Gasteiger partial charge in [-0.2, -0.15) is 0 Å². The zero-order valence-electron chi connectivity index (χ0n) is 8.46. The molecule has 0 radical (unpaired) electrons. The standard InChI is InChI=1S/C9H5Cl2NO6/c10-4-2-6(12(17)18)5(11)1-3(4)7(8(13)14)9(15)16/h1-2,7H,(H,13,14)(H,15,16). The second-order valence-electron chi connectivity index (χ2n) is 3.19. The van der Waals surface area contributed by atoms with Crippen molar-refractivity contribution in [1.82, 2.24) is 0 Å². The predicted molar refractivity (Wildman–Crippen MR) is 61.1 cm³/mol. The molecule has 0 unspecified atom stereocenters. The lowest BCUT2D eigenvalue weighted by atomic mass is 9.99. The molecule has 0 aliphatic rings. The van der Waals surface area contributed by atoms with E-state index in [0.29, 0.717) is 0 Å². The predicted octanol–water partition coefficient (Wildman–Crippen LogP) is 2.15. The van der Waals surface area contributed by atoms with Crippen LogP contribution in [0.1, 0.15) is 11.5 Å². The van der Waals surface area contributed by atoms with Crippen molar-refractivity contribution in [3.8, 4) is 0 Å². The molecule has 9 heteroatoms. The molecular weight excluding hydrogens is 289 g/mol. The maximum atomic E-state index is 10.8. The molecule has 18 heavy (non-hydrogen) atoms. The van der Waals surface area contributed by atoms with Gasteiger partial charge in [0.1, 0.15) is 5.02 Å². The number of carbonyl (C=O) groups is 2. The SMILES string of the molecule is O=C(O)C(C(=O)O)c1cc(Cl)c([N+](=O)[O-])cc1Cl. The van der Waals surface area contributed by atoms with Gasteiger partial charge < -0.3 is 10.2 Å². The first-order valence-electron chi connectivity index (χ1n) is 4.34. The average Bonchev–Trinajstić information content (AvgIpc) is 2.21. The van der Waals surface area contributed by atoms with Gasteiger partial charge in [0.25, 0.3) is 5.69 Å². The fraction of sp³-hybridized carbons (Fsp3) is 0.111. The number of rotatable bonds is 4. The van der Waals surface area contributed by atoms with Crippen molar-refractivity contribution in [2.75, 3.05) is 0 Å². The van der Waals surface area contributed by atoms with E-state index < -0.39 is 28.5 Å². The van der Waals surface area contributed by atoms with E-state index in [1.165, 1.54) is 0 Å². The van der Waals surface area contributed by atoms with Crippen molar-refractivity contribution in [3.63, 3.8) is 0 Å². The lowest BCUT2D eigenvalue weighted by Gasteiger charge is -2.10. The first kappa shape index (κ1) is 14.2. The van der Waals surface area contributed by atoms with E-state index in [4.69, 9.17) is 33.4 Å². The van der Waals surface area contributed by atoms with Gasteiger partial charge in [-0.15, -0.1) is 0 Å². The molecule has 0 atom stereocenters. The first-order valence-corrected chi connectivity index (χ1v) is 5.10. The van der Waals surface area contributed by atoms with E-state index in [9.17, 15) is 19.7 Å². The van der Waals surface area contributed by atoms with Crippen molar-refractivity contribution in [2.24, 2.45) is 0 Å². The summed E-state index contributed by atoms with van der Waals surface area (Å²) in [5, 5.41) is 27.4. The summed E-state index contributed by atoms with van der Waals surface area (Å²) in [7, 11) is 0. The number of carboxylic acids is 2. The third-order valence-electron chi connectivity index (χ3n) is 2.07. The van der Waals surface area contributed by atoms with Crippen molar-refractivity contribution in [1.29, 1.82) is 0 Å². The Hall–Kier alpha value is -1.86. The molecular formula is C9H5Cl2NO6. The van der Waals surface area contributed by atoms with E-state index in [1.807, 2.05) is 0 Å². The van der Waals surface area contributed by atoms with Crippen LogP contribution < -0.4 is 0 Å². The van der Waals surface area contributed by atoms with Crippen molar-refractivity contribution in [2.45, 2.75) is 5.92 Å². The molecule has 96 valence electrons. The third-order valence-corrected chi connectivity index (χ3v) is 2.70. The van der Waals surface area contributed by atoms with Crippen molar-refractivity contribution in [3.05, 3.63) is 37.9 Å². The summed E-state index contributed by atoms with van der Waals surface area (Å²) in [5.74, 6) is -5.22. The molecule has 1 rings (SSSR count). The van der Waals surface area contributed by atoms with Gasteiger partial charge in [0.05, 0.1) is 9.95 Å². The number of nitrogens with zero attached hydrogens (tertiary/aromatic N) is 1. The second kappa shape index (κ2) is 5.19.